The van der Waals surface area contributed by atoms with Gasteiger partial charge in [-0.15, -0.1) is 0 Å². The maximum Gasteiger partial charge on any atom is 0.133 e. The number of hydrogen-bond donors (Lipinski definition) is 0. The van der Waals surface area contributed by atoms with Crippen molar-refractivity contribution in [2.24, 2.45) is 35.0 Å². The predicted molar refractivity (Wildman–Crippen MR) is 81.3 cm³/mol. The van der Waals surface area contributed by atoms with E-state index in [2.05, 4.69) is 19.9 Å². The van der Waals surface area contributed by atoms with Gasteiger partial charge in [-0.1, -0.05) is 18.6 Å². The molecule has 3 saturated carbocycles. The van der Waals surface area contributed by atoms with E-state index in [9.17, 15) is 4.79 Å². The highest BCUT2D eigenvalue weighted by molar-refractivity contribution is 5.79. The van der Waals surface area contributed by atoms with Gasteiger partial charge in [0.05, 0.1) is 0 Å². The van der Waals surface area contributed by atoms with Crippen molar-refractivity contribution in [3.05, 3.63) is 11.6 Å². The topological polar surface area (TPSA) is 17.1 Å². The molecule has 4 aliphatic rings. The van der Waals surface area contributed by atoms with E-state index in [0.29, 0.717) is 11.2 Å². The first-order valence-corrected chi connectivity index (χ1v) is 8.78. The van der Waals surface area contributed by atoms with Gasteiger partial charge in [-0.25, -0.2) is 0 Å². The lowest BCUT2D eigenvalue weighted by molar-refractivity contribution is -0.126. The summed E-state index contributed by atoms with van der Waals surface area (Å²) in [7, 11) is 0. The zero-order valence-electron chi connectivity index (χ0n) is 13.0. The molecule has 3 fully saturated rings. The van der Waals surface area contributed by atoms with Gasteiger partial charge in [-0.3, -0.25) is 4.79 Å². The van der Waals surface area contributed by atoms with Crippen molar-refractivity contribution in [3.63, 3.8) is 0 Å². The molecule has 0 bridgehead atoms. The predicted octanol–water partition coefficient (Wildman–Crippen LogP) is 4.76. The molecule has 0 amide bonds. The Labute approximate surface area is 123 Å². The van der Waals surface area contributed by atoms with Crippen LogP contribution in [0.1, 0.15) is 65.2 Å². The summed E-state index contributed by atoms with van der Waals surface area (Å²) in [5.41, 5.74) is 2.18. The smallest absolute Gasteiger partial charge is 0.133 e. The third-order valence-corrected chi connectivity index (χ3v) is 7.73. The lowest BCUT2D eigenvalue weighted by atomic mass is 9.50. The average Bonchev–Trinajstić information content (AvgIpc) is 2.74. The van der Waals surface area contributed by atoms with E-state index < -0.39 is 0 Å². The molecule has 0 aliphatic heterocycles. The lowest BCUT2D eigenvalue weighted by Crippen LogP contribution is -2.47. The van der Waals surface area contributed by atoms with Crippen LogP contribution < -0.4 is 0 Å². The van der Waals surface area contributed by atoms with Gasteiger partial charge in [-0.05, 0) is 80.5 Å². The first kappa shape index (κ1) is 13.1. The van der Waals surface area contributed by atoms with E-state index in [1.54, 1.807) is 5.57 Å². The van der Waals surface area contributed by atoms with Crippen LogP contribution in [0.4, 0.5) is 0 Å². The van der Waals surface area contributed by atoms with Gasteiger partial charge in [-0.2, -0.15) is 0 Å². The van der Waals surface area contributed by atoms with Gasteiger partial charge in [0, 0.05) is 12.8 Å². The molecule has 0 N–H and O–H groups in total. The average molecular weight is 272 g/mol. The maximum atomic E-state index is 11.7. The largest absolute Gasteiger partial charge is 0.300 e. The zero-order valence-corrected chi connectivity index (χ0v) is 13.0. The van der Waals surface area contributed by atoms with Gasteiger partial charge in [0.2, 0.25) is 0 Å². The third-order valence-electron chi connectivity index (χ3n) is 7.73. The van der Waals surface area contributed by atoms with Crippen LogP contribution >= 0.6 is 0 Å². The van der Waals surface area contributed by atoms with Gasteiger partial charge in [0.25, 0.3) is 0 Å². The SMILES string of the molecule is CC1=CCC2C3CCC4CC(=O)CCC4C3CC[C@]12C. The molecular formula is C19H28O. The van der Waals surface area contributed by atoms with E-state index in [1.165, 1.54) is 38.5 Å². The first-order chi connectivity index (χ1) is 9.59. The van der Waals surface area contributed by atoms with Crippen LogP contribution in [0.2, 0.25) is 0 Å². The molecule has 0 spiro atoms. The Morgan fingerprint density at radius 1 is 1.10 bits per heavy atom. The van der Waals surface area contributed by atoms with Crippen molar-refractivity contribution in [2.75, 3.05) is 0 Å². The number of ketones is 1. The molecule has 0 saturated heterocycles. The van der Waals surface area contributed by atoms with Crippen LogP contribution in [0.25, 0.3) is 0 Å². The summed E-state index contributed by atoms with van der Waals surface area (Å²) in [6.07, 6.45) is 12.4. The van der Waals surface area contributed by atoms with E-state index in [1.807, 2.05) is 0 Å². The zero-order chi connectivity index (χ0) is 13.9. The molecule has 6 atom stereocenters. The van der Waals surface area contributed by atoms with Crippen molar-refractivity contribution >= 4 is 5.78 Å². The Bertz CT molecular complexity index is 462. The Kier molecular flexibility index (Phi) is 2.91. The molecule has 0 heterocycles. The minimum absolute atomic E-state index is 0.512. The molecule has 5 unspecified atom stereocenters. The fourth-order valence-electron chi connectivity index (χ4n) is 6.44. The summed E-state index contributed by atoms with van der Waals surface area (Å²) in [4.78, 5) is 11.7. The summed E-state index contributed by atoms with van der Waals surface area (Å²) < 4.78 is 0. The van der Waals surface area contributed by atoms with Gasteiger partial charge in [0.1, 0.15) is 5.78 Å². The maximum absolute atomic E-state index is 11.7. The summed E-state index contributed by atoms with van der Waals surface area (Å²) in [5, 5.41) is 0. The van der Waals surface area contributed by atoms with Gasteiger partial charge >= 0.3 is 0 Å². The van der Waals surface area contributed by atoms with Crippen molar-refractivity contribution in [3.8, 4) is 0 Å². The highest BCUT2D eigenvalue weighted by Gasteiger charge is 2.53. The van der Waals surface area contributed by atoms with Crippen LogP contribution in [0.15, 0.2) is 11.6 Å². The molecule has 0 aromatic carbocycles. The monoisotopic (exact) mass is 272 g/mol. The summed E-state index contributed by atoms with van der Waals surface area (Å²) in [5.74, 6) is 4.99. The normalized spacial score (nSPS) is 51.0. The standard InChI is InChI=1S/C19H28O/c1-12-3-8-18-17-6-4-13-11-14(20)5-7-15(13)16(17)9-10-19(12,18)2/h3,13,15-18H,4-11H2,1-2H3/t13?,15?,16?,17?,18?,19-/m1/s1. The number of Topliss-reactive ketones (excluding diaryl/α,β-unsaturated/α-hetero) is 1. The molecule has 0 aromatic rings. The quantitative estimate of drug-likeness (QED) is 0.581. The van der Waals surface area contributed by atoms with Crippen molar-refractivity contribution in [1.29, 1.82) is 0 Å². The van der Waals surface area contributed by atoms with E-state index in [-0.39, 0.29) is 0 Å². The first-order valence-electron chi connectivity index (χ1n) is 8.78. The highest BCUT2D eigenvalue weighted by Crippen LogP contribution is 2.62. The number of hydrogen-bond acceptors (Lipinski definition) is 1. The minimum Gasteiger partial charge on any atom is -0.300 e. The molecular weight excluding hydrogens is 244 g/mol. The Balaban J connectivity index is 1.59. The summed E-state index contributed by atoms with van der Waals surface area (Å²) in [6, 6.07) is 0. The van der Waals surface area contributed by atoms with E-state index in [0.717, 1.165) is 42.4 Å². The van der Waals surface area contributed by atoms with E-state index in [4.69, 9.17) is 0 Å². The van der Waals surface area contributed by atoms with Crippen LogP contribution in [0.3, 0.4) is 0 Å². The molecule has 110 valence electrons. The van der Waals surface area contributed by atoms with Crippen LogP contribution in [-0.2, 0) is 4.79 Å². The number of allylic oxidation sites excluding steroid dienone is 2. The molecule has 1 heteroatoms. The fourth-order valence-corrected chi connectivity index (χ4v) is 6.44. The second-order valence-corrected chi connectivity index (χ2v) is 8.30. The number of rotatable bonds is 0. The molecule has 20 heavy (non-hydrogen) atoms. The third kappa shape index (κ3) is 1.71. The summed E-state index contributed by atoms with van der Waals surface area (Å²) in [6.45, 7) is 4.90. The summed E-state index contributed by atoms with van der Waals surface area (Å²) >= 11 is 0. The second kappa shape index (κ2) is 4.45. The van der Waals surface area contributed by atoms with Gasteiger partial charge < -0.3 is 0 Å². The lowest BCUT2D eigenvalue weighted by Gasteiger charge is -2.55. The Morgan fingerprint density at radius 3 is 2.80 bits per heavy atom. The molecule has 0 radical (unpaired) electrons. The second-order valence-electron chi connectivity index (χ2n) is 8.30. The highest BCUT2D eigenvalue weighted by atomic mass is 16.1. The Morgan fingerprint density at radius 2 is 1.95 bits per heavy atom. The van der Waals surface area contributed by atoms with Crippen molar-refractivity contribution < 1.29 is 4.79 Å². The van der Waals surface area contributed by atoms with Crippen molar-refractivity contribution in [1.82, 2.24) is 0 Å². The van der Waals surface area contributed by atoms with E-state index >= 15 is 0 Å². The fraction of sp³-hybridized carbons (Fsp3) is 0.842. The van der Waals surface area contributed by atoms with Crippen LogP contribution in [0, 0.1) is 35.0 Å². The molecule has 1 nitrogen and oxygen atoms in total. The molecule has 4 aliphatic carbocycles. The van der Waals surface area contributed by atoms with Crippen LogP contribution in [0.5, 0.6) is 0 Å². The Hall–Kier alpha value is -0.590. The number of fused-ring (bicyclic) bond motifs is 5. The van der Waals surface area contributed by atoms with Crippen molar-refractivity contribution in [2.45, 2.75) is 65.2 Å². The van der Waals surface area contributed by atoms with Gasteiger partial charge in [0.15, 0.2) is 0 Å². The molecule has 0 aromatic heterocycles. The van der Waals surface area contributed by atoms with Crippen LogP contribution in [-0.4, -0.2) is 5.78 Å². The minimum atomic E-state index is 0.512. The molecule has 4 rings (SSSR count). The number of carbonyl (C=O) groups excluding carboxylic acids is 1. The number of carbonyl (C=O) groups is 1.